The number of anilines is 1. The molecule has 3 aliphatic heterocycles. The number of nitrogens with two attached hydrogens (primary N) is 1. The number of H-pyrrole nitrogens is 1. The highest BCUT2D eigenvalue weighted by Crippen LogP contribution is 2.75. The topological polar surface area (TPSA) is 373 Å². The number of ether oxygens (including phenoxy) is 4. The van der Waals surface area contributed by atoms with Crippen molar-refractivity contribution in [3.05, 3.63) is 55.8 Å². The molecular formula is C24H36N5O20P3. The monoisotopic (exact) mass is 807 g/mol. The first-order valence-electron chi connectivity index (χ1n) is 14.9. The highest BCUT2D eigenvalue weighted by molar-refractivity contribution is 7.66. The van der Waals surface area contributed by atoms with E-state index in [4.69, 9.17) is 34.5 Å². The van der Waals surface area contributed by atoms with Crippen molar-refractivity contribution in [2.24, 2.45) is 5.41 Å². The molecular weight excluding hydrogens is 771 g/mol. The van der Waals surface area contributed by atoms with Crippen LogP contribution in [-0.2, 0) is 45.8 Å². The number of aromatic nitrogens is 4. The van der Waals surface area contributed by atoms with Crippen molar-refractivity contribution in [1.82, 2.24) is 19.1 Å². The van der Waals surface area contributed by atoms with Gasteiger partial charge in [-0.3, -0.25) is 23.4 Å². The van der Waals surface area contributed by atoms with E-state index in [0.717, 1.165) is 16.8 Å². The molecule has 4 aliphatic rings. The predicted molar refractivity (Wildman–Crippen MR) is 166 cm³/mol. The second-order valence-corrected chi connectivity index (χ2v) is 17.3. The number of aromatic amines is 1. The van der Waals surface area contributed by atoms with Gasteiger partial charge in [-0.25, -0.2) is 23.3 Å². The molecule has 10 N–H and O–H groups in total. The molecule has 0 radical (unpaired) electrons. The van der Waals surface area contributed by atoms with Crippen molar-refractivity contribution < 1.29 is 80.7 Å². The summed E-state index contributed by atoms with van der Waals surface area (Å²) in [4.78, 5) is 76.7. The van der Waals surface area contributed by atoms with Crippen LogP contribution in [0.3, 0.4) is 0 Å². The zero-order valence-electron chi connectivity index (χ0n) is 27.4. The molecule has 6 rings (SSSR count). The van der Waals surface area contributed by atoms with Crippen molar-refractivity contribution in [2.75, 3.05) is 18.9 Å². The van der Waals surface area contributed by atoms with Crippen LogP contribution in [0.4, 0.5) is 5.82 Å². The molecule has 3 saturated heterocycles. The Kier molecular flexibility index (Phi) is 10.4. The average Bonchev–Trinajstić information content (AvgIpc) is 3.37. The number of fused-ring (bicyclic) bond motifs is 2. The van der Waals surface area contributed by atoms with E-state index in [0.29, 0.717) is 0 Å². The molecule has 10 atom stereocenters. The van der Waals surface area contributed by atoms with E-state index < -0.39 is 106 Å². The van der Waals surface area contributed by atoms with E-state index in [2.05, 4.69) is 18.1 Å². The van der Waals surface area contributed by atoms with Gasteiger partial charge in [0.2, 0.25) is 0 Å². The number of phosphoric acid groups is 3. The number of aliphatic hydroxyl groups excluding tert-OH is 1. The lowest BCUT2D eigenvalue weighted by molar-refractivity contribution is -0.200. The van der Waals surface area contributed by atoms with E-state index in [1.54, 1.807) is 13.8 Å². The van der Waals surface area contributed by atoms with Crippen LogP contribution in [0.25, 0.3) is 0 Å². The average molecular weight is 807 g/mol. The largest absolute Gasteiger partial charge is 0.490 e. The molecule has 292 valence electrons. The third-order valence-corrected chi connectivity index (χ3v) is 12.7. The van der Waals surface area contributed by atoms with Crippen LogP contribution in [0.1, 0.15) is 40.2 Å². The first-order valence-corrected chi connectivity index (χ1v) is 19.4. The fourth-order valence-corrected chi connectivity index (χ4v) is 9.57. The Morgan fingerprint density at radius 1 is 0.904 bits per heavy atom. The second kappa shape index (κ2) is 13.4. The van der Waals surface area contributed by atoms with Gasteiger partial charge in [0, 0.05) is 23.9 Å². The fraction of sp³-hybridized carbons (Fsp3) is 0.667. The summed E-state index contributed by atoms with van der Waals surface area (Å²) >= 11 is 0. The molecule has 5 heterocycles. The zero-order chi connectivity index (χ0) is 39.0. The van der Waals surface area contributed by atoms with Crippen LogP contribution >= 0.6 is 23.5 Å². The maximum Gasteiger partial charge on any atom is 0.490 e. The number of nitrogens with one attached hydrogen (secondary N) is 1. The second-order valence-electron chi connectivity index (χ2n) is 12.9. The van der Waals surface area contributed by atoms with Gasteiger partial charge in [0.15, 0.2) is 18.2 Å². The van der Waals surface area contributed by atoms with Crippen LogP contribution in [0.15, 0.2) is 38.9 Å². The molecule has 4 fully saturated rings. The van der Waals surface area contributed by atoms with Crippen molar-refractivity contribution in [2.45, 2.75) is 81.6 Å². The summed E-state index contributed by atoms with van der Waals surface area (Å²) < 4.78 is 70.3. The quantitative estimate of drug-likeness (QED) is 0.112. The van der Waals surface area contributed by atoms with Crippen LogP contribution < -0.4 is 22.7 Å². The molecule has 1 aliphatic carbocycles. The Morgan fingerprint density at radius 2 is 1.52 bits per heavy atom. The minimum absolute atomic E-state index is 0.142. The third kappa shape index (κ3) is 7.31. The number of phosphoric ester groups is 1. The SMILES string of the molecule is CC1(C)O[C@@H]2[C@H](O1)[C@@H](CO)O[C@H]2n1ccc(N)nc1=O.CC1(C)[C@]2(O)[C@H](n3ccc(=O)[nH]c3=O)O[C@H](COP(=O)(O)OP(=O)(O)OP(=O)(O)O)[C@]12O. The Morgan fingerprint density at radius 3 is 2.10 bits per heavy atom. The molecule has 28 heteroatoms. The van der Waals surface area contributed by atoms with Gasteiger partial charge in [-0.05, 0) is 19.9 Å². The van der Waals surface area contributed by atoms with Crippen LogP contribution in [0, 0.1) is 5.41 Å². The smallest absolute Gasteiger partial charge is 0.394 e. The number of rotatable bonds is 10. The summed E-state index contributed by atoms with van der Waals surface area (Å²) in [5.74, 6) is -0.640. The molecule has 2 aromatic rings. The van der Waals surface area contributed by atoms with Gasteiger partial charge in [-0.2, -0.15) is 13.6 Å². The summed E-state index contributed by atoms with van der Waals surface area (Å²) in [6, 6.07) is 2.45. The van der Waals surface area contributed by atoms with Crippen LogP contribution in [0.5, 0.6) is 0 Å². The maximum absolute atomic E-state index is 12.1. The van der Waals surface area contributed by atoms with Gasteiger partial charge in [0.25, 0.3) is 5.56 Å². The lowest BCUT2D eigenvalue weighted by Crippen LogP contribution is -2.40. The number of nitrogen functional groups attached to an aromatic ring is 1. The Labute approximate surface area is 290 Å². The Hall–Kier alpha value is -2.51. The highest BCUT2D eigenvalue weighted by Gasteiger charge is 2.92. The normalized spacial score (nSPS) is 35.1. The molecule has 0 aromatic carbocycles. The molecule has 2 unspecified atom stereocenters. The molecule has 25 nitrogen and oxygen atoms in total. The maximum atomic E-state index is 12.1. The number of hydrogen-bond acceptors (Lipinski definition) is 18. The van der Waals surface area contributed by atoms with E-state index in [9.17, 15) is 53.2 Å². The summed E-state index contributed by atoms with van der Waals surface area (Å²) in [5, 5.41) is 31.4. The van der Waals surface area contributed by atoms with Gasteiger partial charge in [-0.1, -0.05) is 13.8 Å². The van der Waals surface area contributed by atoms with Crippen LogP contribution in [0.2, 0.25) is 0 Å². The van der Waals surface area contributed by atoms with E-state index in [-0.39, 0.29) is 12.4 Å². The Bertz CT molecular complexity index is 2030. The van der Waals surface area contributed by atoms with Gasteiger partial charge in [-0.15, -0.1) is 0 Å². The lowest BCUT2D eigenvalue weighted by Gasteiger charge is -2.28. The molecule has 2 aromatic heterocycles. The van der Waals surface area contributed by atoms with Gasteiger partial charge in [0.05, 0.1) is 13.2 Å². The molecule has 0 spiro atoms. The molecule has 0 bridgehead atoms. The van der Waals surface area contributed by atoms with Gasteiger partial charge >= 0.3 is 34.8 Å². The highest BCUT2D eigenvalue weighted by atomic mass is 31.3. The Balaban J connectivity index is 0.000000223. The fourth-order valence-electron chi connectivity index (χ4n) is 6.55. The van der Waals surface area contributed by atoms with Crippen molar-refractivity contribution >= 4 is 29.3 Å². The first-order chi connectivity index (χ1) is 23.7. The minimum Gasteiger partial charge on any atom is -0.394 e. The molecule has 1 saturated carbocycles. The van der Waals surface area contributed by atoms with E-state index in [1.807, 2.05) is 4.98 Å². The lowest BCUT2D eigenvalue weighted by atomic mass is 10.0. The van der Waals surface area contributed by atoms with Crippen molar-refractivity contribution in [3.8, 4) is 0 Å². The van der Waals surface area contributed by atoms with E-state index in [1.165, 1.54) is 30.7 Å². The van der Waals surface area contributed by atoms with Gasteiger partial charge in [0.1, 0.15) is 41.4 Å². The third-order valence-electron chi connectivity index (χ3n) is 8.88. The van der Waals surface area contributed by atoms with Crippen molar-refractivity contribution in [3.63, 3.8) is 0 Å². The number of hydrogen-bond donors (Lipinski definition) is 9. The summed E-state index contributed by atoms with van der Waals surface area (Å²) in [7, 11) is -16.9. The van der Waals surface area contributed by atoms with E-state index >= 15 is 0 Å². The molecule has 52 heavy (non-hydrogen) atoms. The standard InChI is InChI=1S/C12H17N3O5.C12H19N2O15P3/c1-12(2)19-8-6(5-16)18-10(9(8)20-12)15-4-3-7(13)14-11(15)17;1-10(2)11(17)6(5-26-31(22,23)29-32(24,25)28-30(19,20)21)27-8(12(10,11)18)14-4-3-7(15)13-9(14)16/h3-4,6,8-10,16H,5H2,1-2H3,(H2,13,14,17);3-4,6,8,17-18H,5H2,1-2H3,(H,22,23)(H,24,25)(H,13,15,16)(H2,19,20,21)/t6-,8-,9-,10-;6-,8-,11+,12-/m11/s1. The predicted octanol–water partition coefficient (Wildman–Crippen LogP) is -2.49. The number of nitrogens with zero attached hydrogens (tertiary/aromatic N) is 3. The first kappa shape index (κ1) is 40.7. The minimum atomic E-state index is -5.76. The van der Waals surface area contributed by atoms with Crippen LogP contribution in [-0.4, -0.2) is 109 Å². The zero-order valence-corrected chi connectivity index (χ0v) is 30.1. The number of aliphatic hydroxyl groups is 3. The van der Waals surface area contributed by atoms with Crippen molar-refractivity contribution in [1.29, 1.82) is 0 Å². The molecule has 0 amide bonds. The van der Waals surface area contributed by atoms with Gasteiger partial charge < -0.3 is 59.6 Å². The summed E-state index contributed by atoms with van der Waals surface area (Å²) in [6.07, 6.45) is -2.85. The summed E-state index contributed by atoms with van der Waals surface area (Å²) in [5.41, 5.74) is -2.46. The summed E-state index contributed by atoms with van der Waals surface area (Å²) in [6.45, 7) is 5.06.